The minimum Gasteiger partial charge on any atom is -0.480 e. The van der Waals surface area contributed by atoms with Gasteiger partial charge in [0.05, 0.1) is 0 Å². The molecule has 1 aliphatic carbocycles. The molecular weight excluding hydrogens is 236 g/mol. The second-order valence-corrected chi connectivity index (χ2v) is 4.83. The van der Waals surface area contributed by atoms with Crippen LogP contribution in [-0.4, -0.2) is 47.3 Å². The lowest BCUT2D eigenvalue weighted by Crippen LogP contribution is -2.51. The highest BCUT2D eigenvalue weighted by Crippen LogP contribution is 2.23. The van der Waals surface area contributed by atoms with Gasteiger partial charge in [-0.25, -0.2) is 4.79 Å². The predicted molar refractivity (Wildman–Crippen MR) is 66.1 cm³/mol. The van der Waals surface area contributed by atoms with Crippen molar-refractivity contribution in [2.45, 2.75) is 44.7 Å². The summed E-state index contributed by atoms with van der Waals surface area (Å²) in [5, 5.41) is 23.8. The number of carboxylic acids is 1. The van der Waals surface area contributed by atoms with Gasteiger partial charge < -0.3 is 20.8 Å². The van der Waals surface area contributed by atoms with Gasteiger partial charge in [0.15, 0.2) is 0 Å². The summed E-state index contributed by atoms with van der Waals surface area (Å²) in [5.41, 5.74) is 0. The molecule has 1 amide bonds. The van der Waals surface area contributed by atoms with Crippen LogP contribution >= 0.6 is 0 Å². The molecule has 4 N–H and O–H groups in total. The van der Waals surface area contributed by atoms with Gasteiger partial charge in [0.1, 0.15) is 6.04 Å². The van der Waals surface area contributed by atoms with Gasteiger partial charge in [-0.15, -0.1) is 0 Å². The van der Waals surface area contributed by atoms with Crippen LogP contribution in [0.15, 0.2) is 0 Å². The summed E-state index contributed by atoms with van der Waals surface area (Å²) >= 11 is 0. The Bertz CT molecular complexity index is 296. The summed E-state index contributed by atoms with van der Waals surface area (Å²) in [7, 11) is 0. The Morgan fingerprint density at radius 2 is 2.00 bits per heavy atom. The molecule has 6 heteroatoms. The maximum atomic E-state index is 11.0. The Labute approximate surface area is 107 Å². The fraction of sp³-hybridized carbons (Fsp3) is 0.833. The van der Waals surface area contributed by atoms with Gasteiger partial charge in [0.2, 0.25) is 5.91 Å². The molecule has 0 radical (unpaired) electrons. The molecule has 3 atom stereocenters. The summed E-state index contributed by atoms with van der Waals surface area (Å²) < 4.78 is 0. The van der Waals surface area contributed by atoms with E-state index in [4.69, 9.17) is 5.11 Å². The Hall–Kier alpha value is -1.14. The fourth-order valence-electron chi connectivity index (χ4n) is 2.41. The number of nitrogens with one attached hydrogen (secondary N) is 2. The zero-order valence-electron chi connectivity index (χ0n) is 10.7. The number of aliphatic hydroxyl groups excluding tert-OH is 1. The molecular formula is C12H22N2O4. The van der Waals surface area contributed by atoms with E-state index in [2.05, 4.69) is 10.6 Å². The second-order valence-electron chi connectivity index (χ2n) is 4.83. The first-order chi connectivity index (χ1) is 8.54. The van der Waals surface area contributed by atoms with Crippen LogP contribution in [0, 0.1) is 5.92 Å². The van der Waals surface area contributed by atoms with Crippen LogP contribution in [0.2, 0.25) is 0 Å². The Morgan fingerprint density at radius 3 is 2.56 bits per heavy atom. The molecule has 1 aliphatic rings. The molecule has 104 valence electrons. The first kappa shape index (κ1) is 14.9. The Balaban J connectivity index is 2.44. The summed E-state index contributed by atoms with van der Waals surface area (Å²) in [6, 6.07) is -0.775. The fourth-order valence-corrected chi connectivity index (χ4v) is 2.41. The number of rotatable bonds is 6. The Morgan fingerprint density at radius 1 is 1.33 bits per heavy atom. The third-order valence-electron chi connectivity index (χ3n) is 3.40. The molecule has 0 heterocycles. The summed E-state index contributed by atoms with van der Waals surface area (Å²) in [6.45, 7) is 1.61. The predicted octanol–water partition coefficient (Wildman–Crippen LogP) is -0.284. The molecule has 18 heavy (non-hydrogen) atoms. The minimum absolute atomic E-state index is 0.121. The first-order valence-corrected chi connectivity index (χ1v) is 6.38. The molecule has 0 aromatic heterocycles. The molecule has 0 saturated heterocycles. The van der Waals surface area contributed by atoms with Gasteiger partial charge in [0.25, 0.3) is 0 Å². The SMILES string of the molecule is CC(=O)NC(CNC1CCCCC1CO)C(=O)O. The van der Waals surface area contributed by atoms with Crippen molar-refractivity contribution in [1.29, 1.82) is 0 Å². The van der Waals surface area contributed by atoms with Gasteiger partial charge in [-0.1, -0.05) is 12.8 Å². The van der Waals surface area contributed by atoms with E-state index in [1.54, 1.807) is 0 Å². The number of carbonyl (C=O) groups excluding carboxylic acids is 1. The smallest absolute Gasteiger partial charge is 0.327 e. The number of carbonyl (C=O) groups is 2. The third-order valence-corrected chi connectivity index (χ3v) is 3.40. The van der Waals surface area contributed by atoms with Crippen molar-refractivity contribution in [3.8, 4) is 0 Å². The normalized spacial score (nSPS) is 25.4. The summed E-state index contributed by atoms with van der Waals surface area (Å²) in [4.78, 5) is 21.8. The van der Waals surface area contributed by atoms with E-state index in [1.807, 2.05) is 0 Å². The highest BCUT2D eigenvalue weighted by atomic mass is 16.4. The lowest BCUT2D eigenvalue weighted by molar-refractivity contribution is -0.141. The lowest BCUT2D eigenvalue weighted by atomic mass is 9.85. The van der Waals surface area contributed by atoms with E-state index in [0.717, 1.165) is 25.7 Å². The van der Waals surface area contributed by atoms with Crippen LogP contribution < -0.4 is 10.6 Å². The minimum atomic E-state index is -1.05. The van der Waals surface area contributed by atoms with Crippen LogP contribution in [-0.2, 0) is 9.59 Å². The van der Waals surface area contributed by atoms with Gasteiger partial charge in [-0.3, -0.25) is 4.79 Å². The van der Waals surface area contributed by atoms with Gasteiger partial charge in [0, 0.05) is 26.1 Å². The highest BCUT2D eigenvalue weighted by molar-refractivity contribution is 5.82. The number of carboxylic acid groups (broad SMARTS) is 1. The number of hydrogen-bond acceptors (Lipinski definition) is 4. The van der Waals surface area contributed by atoms with Crippen molar-refractivity contribution in [2.24, 2.45) is 5.92 Å². The number of amides is 1. The van der Waals surface area contributed by atoms with Crippen LogP contribution in [0.3, 0.4) is 0 Å². The van der Waals surface area contributed by atoms with E-state index in [0.29, 0.717) is 0 Å². The topological polar surface area (TPSA) is 98.7 Å². The van der Waals surface area contributed by atoms with Crippen molar-refractivity contribution < 1.29 is 19.8 Å². The van der Waals surface area contributed by atoms with Gasteiger partial charge >= 0.3 is 5.97 Å². The molecule has 1 rings (SSSR count). The second kappa shape index (κ2) is 7.33. The summed E-state index contributed by atoms with van der Waals surface area (Å²) in [6.07, 6.45) is 4.10. The van der Waals surface area contributed by atoms with E-state index < -0.39 is 12.0 Å². The zero-order chi connectivity index (χ0) is 13.5. The molecule has 0 aromatic rings. The monoisotopic (exact) mass is 258 g/mol. The average Bonchev–Trinajstić information content (AvgIpc) is 2.34. The van der Waals surface area contributed by atoms with E-state index in [9.17, 15) is 14.7 Å². The molecule has 0 bridgehead atoms. The maximum absolute atomic E-state index is 11.0. The molecule has 0 aliphatic heterocycles. The quantitative estimate of drug-likeness (QED) is 0.525. The molecule has 0 aromatic carbocycles. The van der Waals surface area contributed by atoms with Crippen molar-refractivity contribution in [1.82, 2.24) is 10.6 Å². The molecule has 6 nitrogen and oxygen atoms in total. The molecule has 0 spiro atoms. The summed E-state index contributed by atoms with van der Waals surface area (Å²) in [5.74, 6) is -1.22. The van der Waals surface area contributed by atoms with Crippen LogP contribution in [0.25, 0.3) is 0 Å². The Kier molecular flexibility index (Phi) is 6.07. The van der Waals surface area contributed by atoms with Crippen molar-refractivity contribution in [3.05, 3.63) is 0 Å². The van der Waals surface area contributed by atoms with Crippen LogP contribution in [0.4, 0.5) is 0 Å². The molecule has 1 saturated carbocycles. The van der Waals surface area contributed by atoms with E-state index >= 15 is 0 Å². The number of aliphatic hydroxyl groups is 1. The van der Waals surface area contributed by atoms with Crippen molar-refractivity contribution in [3.63, 3.8) is 0 Å². The first-order valence-electron chi connectivity index (χ1n) is 6.38. The molecule has 1 fully saturated rings. The average molecular weight is 258 g/mol. The lowest BCUT2D eigenvalue weighted by Gasteiger charge is -2.31. The van der Waals surface area contributed by atoms with Crippen molar-refractivity contribution in [2.75, 3.05) is 13.2 Å². The standard InChI is InChI=1S/C12H22N2O4/c1-8(16)14-11(12(17)18)6-13-10-5-3-2-4-9(10)7-15/h9-11,13,15H,2-7H2,1H3,(H,14,16)(H,17,18). The van der Waals surface area contributed by atoms with Gasteiger partial charge in [-0.05, 0) is 18.8 Å². The largest absolute Gasteiger partial charge is 0.480 e. The zero-order valence-corrected chi connectivity index (χ0v) is 10.7. The number of aliphatic carboxylic acids is 1. The van der Waals surface area contributed by atoms with Crippen LogP contribution in [0.5, 0.6) is 0 Å². The molecule has 3 unspecified atom stereocenters. The van der Waals surface area contributed by atoms with Crippen molar-refractivity contribution >= 4 is 11.9 Å². The van der Waals surface area contributed by atoms with Gasteiger partial charge in [-0.2, -0.15) is 0 Å². The maximum Gasteiger partial charge on any atom is 0.327 e. The van der Waals surface area contributed by atoms with E-state index in [-0.39, 0.29) is 31.0 Å². The van der Waals surface area contributed by atoms with E-state index in [1.165, 1.54) is 6.92 Å². The third kappa shape index (κ3) is 4.62. The van der Waals surface area contributed by atoms with Crippen LogP contribution in [0.1, 0.15) is 32.6 Å². The highest BCUT2D eigenvalue weighted by Gasteiger charge is 2.26. The number of hydrogen-bond donors (Lipinski definition) is 4.